The first kappa shape index (κ1) is 11.4. The average molecular weight is 277 g/mol. The largest absolute Gasteiger partial charge is 0.279 e. The van der Waals surface area contributed by atoms with Crippen molar-refractivity contribution in [2.75, 3.05) is 0 Å². The lowest BCUT2D eigenvalue weighted by molar-refractivity contribution is 0.105. The van der Waals surface area contributed by atoms with E-state index in [0.717, 1.165) is 17.3 Å². The van der Waals surface area contributed by atoms with Gasteiger partial charge in [-0.2, -0.15) is 0 Å². The van der Waals surface area contributed by atoms with Crippen LogP contribution in [0.15, 0.2) is 28.7 Å². The fourth-order valence-corrected chi connectivity index (χ4v) is 2.42. The predicted octanol–water partition coefficient (Wildman–Crippen LogP) is 3.83. The zero-order valence-corrected chi connectivity index (χ0v) is 10.6. The van der Waals surface area contributed by atoms with E-state index in [0.29, 0.717) is 11.5 Å². The summed E-state index contributed by atoms with van der Waals surface area (Å²) in [5, 5.41) is 0. The van der Waals surface area contributed by atoms with Gasteiger partial charge in [0.2, 0.25) is 5.78 Å². The van der Waals surface area contributed by atoms with E-state index in [4.69, 9.17) is 0 Å². The Morgan fingerprint density at radius 2 is 1.94 bits per heavy atom. The molecule has 0 saturated heterocycles. The third kappa shape index (κ3) is 2.74. The van der Waals surface area contributed by atoms with E-state index < -0.39 is 0 Å². The van der Waals surface area contributed by atoms with Gasteiger partial charge in [-0.1, -0.05) is 46.8 Å². The molecule has 1 fully saturated rings. The van der Waals surface area contributed by atoms with E-state index in [1.807, 2.05) is 18.2 Å². The second-order valence-corrected chi connectivity index (χ2v) is 4.91. The van der Waals surface area contributed by atoms with E-state index in [-0.39, 0.29) is 5.78 Å². The molecule has 0 bridgehead atoms. The highest BCUT2D eigenvalue weighted by molar-refractivity contribution is 9.10. The second kappa shape index (κ2) is 5.32. The standard InChI is InChI=1S/C14H13BrO/c15-13-8-4-3-7-12(13)14(16)10-9-11-5-1-2-6-11/h3-4,7-8,11H,1-2,5-6H2. The molecular formula is C14H13BrO. The minimum Gasteiger partial charge on any atom is -0.279 e. The van der Waals surface area contributed by atoms with Crippen LogP contribution in [0, 0.1) is 17.8 Å². The quantitative estimate of drug-likeness (QED) is 0.433. The van der Waals surface area contributed by atoms with Crippen molar-refractivity contribution >= 4 is 21.7 Å². The first-order valence-electron chi connectivity index (χ1n) is 5.58. The van der Waals surface area contributed by atoms with Gasteiger partial charge < -0.3 is 0 Å². The summed E-state index contributed by atoms with van der Waals surface area (Å²) in [5.74, 6) is 6.20. The van der Waals surface area contributed by atoms with E-state index >= 15 is 0 Å². The number of hydrogen-bond donors (Lipinski definition) is 0. The number of rotatable bonds is 1. The van der Waals surface area contributed by atoms with Gasteiger partial charge in [-0.25, -0.2) is 0 Å². The van der Waals surface area contributed by atoms with Crippen LogP contribution >= 0.6 is 15.9 Å². The molecule has 0 aliphatic heterocycles. The van der Waals surface area contributed by atoms with Crippen LogP contribution in [0.4, 0.5) is 0 Å². The molecule has 0 N–H and O–H groups in total. The Hall–Kier alpha value is -1.07. The summed E-state index contributed by atoms with van der Waals surface area (Å²) in [6.45, 7) is 0. The Bertz CT molecular complexity index is 447. The molecule has 1 nitrogen and oxygen atoms in total. The summed E-state index contributed by atoms with van der Waals surface area (Å²) in [5.41, 5.74) is 0.660. The predicted molar refractivity (Wildman–Crippen MR) is 68.2 cm³/mol. The molecule has 1 aromatic carbocycles. The number of halogens is 1. The minimum absolute atomic E-state index is 0.0839. The number of ketones is 1. The molecule has 1 aromatic rings. The van der Waals surface area contributed by atoms with Gasteiger partial charge in [0.15, 0.2) is 0 Å². The van der Waals surface area contributed by atoms with Gasteiger partial charge in [-0.3, -0.25) is 4.79 Å². The SMILES string of the molecule is O=C(C#CC1CCCC1)c1ccccc1Br. The van der Waals surface area contributed by atoms with Crippen molar-refractivity contribution in [2.24, 2.45) is 5.92 Å². The number of hydrogen-bond acceptors (Lipinski definition) is 1. The molecule has 1 aliphatic carbocycles. The molecular weight excluding hydrogens is 264 g/mol. The summed E-state index contributed by atoms with van der Waals surface area (Å²) in [7, 11) is 0. The van der Waals surface area contributed by atoms with Crippen molar-refractivity contribution in [1.82, 2.24) is 0 Å². The Morgan fingerprint density at radius 3 is 2.62 bits per heavy atom. The third-order valence-electron chi connectivity index (χ3n) is 2.86. The van der Waals surface area contributed by atoms with E-state index in [1.54, 1.807) is 6.07 Å². The molecule has 0 spiro atoms. The molecule has 2 rings (SSSR count). The van der Waals surface area contributed by atoms with Crippen molar-refractivity contribution in [2.45, 2.75) is 25.7 Å². The van der Waals surface area contributed by atoms with Gasteiger partial charge in [0.05, 0.1) is 0 Å². The number of carbonyl (C=O) groups excluding carboxylic acids is 1. The highest BCUT2D eigenvalue weighted by atomic mass is 79.9. The summed E-state index contributed by atoms with van der Waals surface area (Å²) in [6, 6.07) is 7.42. The molecule has 0 atom stereocenters. The van der Waals surface area contributed by atoms with Crippen molar-refractivity contribution in [3.8, 4) is 11.8 Å². The molecule has 1 aliphatic rings. The van der Waals surface area contributed by atoms with Crippen molar-refractivity contribution in [3.63, 3.8) is 0 Å². The highest BCUT2D eigenvalue weighted by Gasteiger charge is 2.12. The van der Waals surface area contributed by atoms with Gasteiger partial charge in [-0.15, -0.1) is 0 Å². The molecule has 0 amide bonds. The van der Waals surface area contributed by atoms with Crippen LogP contribution in [0.1, 0.15) is 36.0 Å². The van der Waals surface area contributed by atoms with Crippen LogP contribution in [0.2, 0.25) is 0 Å². The fraction of sp³-hybridized carbons (Fsp3) is 0.357. The van der Waals surface area contributed by atoms with Gasteiger partial charge in [0, 0.05) is 16.0 Å². The summed E-state index contributed by atoms with van der Waals surface area (Å²) in [6.07, 6.45) is 4.80. The second-order valence-electron chi connectivity index (χ2n) is 4.06. The van der Waals surface area contributed by atoms with Crippen LogP contribution in [0.5, 0.6) is 0 Å². The topological polar surface area (TPSA) is 17.1 Å². The maximum absolute atomic E-state index is 11.8. The summed E-state index contributed by atoms with van der Waals surface area (Å²) >= 11 is 3.36. The summed E-state index contributed by atoms with van der Waals surface area (Å²) in [4.78, 5) is 11.8. The lowest BCUT2D eigenvalue weighted by Gasteiger charge is -1.98. The minimum atomic E-state index is -0.0839. The van der Waals surface area contributed by atoms with Gasteiger partial charge >= 0.3 is 0 Å². The average Bonchev–Trinajstić information content (AvgIpc) is 2.79. The smallest absolute Gasteiger partial charge is 0.237 e. The van der Waals surface area contributed by atoms with Gasteiger partial charge in [-0.05, 0) is 30.9 Å². The Morgan fingerprint density at radius 1 is 1.25 bits per heavy atom. The molecule has 0 radical (unpaired) electrons. The van der Waals surface area contributed by atoms with Crippen LogP contribution < -0.4 is 0 Å². The Labute approximate surface area is 104 Å². The zero-order chi connectivity index (χ0) is 11.4. The lowest BCUT2D eigenvalue weighted by Crippen LogP contribution is -1.97. The molecule has 2 heteroatoms. The monoisotopic (exact) mass is 276 g/mol. The van der Waals surface area contributed by atoms with Gasteiger partial charge in [0.25, 0.3) is 0 Å². The molecule has 82 valence electrons. The molecule has 0 aromatic heterocycles. The van der Waals surface area contributed by atoms with E-state index in [2.05, 4.69) is 27.8 Å². The molecule has 0 unspecified atom stereocenters. The molecule has 16 heavy (non-hydrogen) atoms. The van der Waals surface area contributed by atoms with Crippen LogP contribution in [0.25, 0.3) is 0 Å². The fourth-order valence-electron chi connectivity index (χ4n) is 1.95. The first-order chi connectivity index (χ1) is 7.77. The van der Waals surface area contributed by atoms with Crippen LogP contribution in [-0.2, 0) is 0 Å². The molecule has 0 heterocycles. The van der Waals surface area contributed by atoms with E-state index in [9.17, 15) is 4.79 Å². The molecule has 1 saturated carbocycles. The Kier molecular flexibility index (Phi) is 3.79. The van der Waals surface area contributed by atoms with Crippen molar-refractivity contribution < 1.29 is 4.79 Å². The maximum atomic E-state index is 11.8. The normalized spacial score (nSPS) is 15.6. The number of carbonyl (C=O) groups is 1. The third-order valence-corrected chi connectivity index (χ3v) is 3.55. The van der Waals surface area contributed by atoms with E-state index in [1.165, 1.54) is 12.8 Å². The Balaban J connectivity index is 2.11. The lowest BCUT2D eigenvalue weighted by atomic mass is 10.1. The van der Waals surface area contributed by atoms with Crippen LogP contribution in [-0.4, -0.2) is 5.78 Å². The maximum Gasteiger partial charge on any atom is 0.237 e. The number of benzene rings is 1. The summed E-state index contributed by atoms with van der Waals surface area (Å²) < 4.78 is 0.820. The van der Waals surface area contributed by atoms with Crippen LogP contribution in [0.3, 0.4) is 0 Å². The first-order valence-corrected chi connectivity index (χ1v) is 6.37. The number of Topliss-reactive ketones (excluding diaryl/α,β-unsaturated/α-hetero) is 1. The van der Waals surface area contributed by atoms with Gasteiger partial charge in [0.1, 0.15) is 0 Å². The zero-order valence-electron chi connectivity index (χ0n) is 9.00. The van der Waals surface area contributed by atoms with Crippen molar-refractivity contribution in [3.05, 3.63) is 34.3 Å². The van der Waals surface area contributed by atoms with Crippen molar-refractivity contribution in [1.29, 1.82) is 0 Å². The highest BCUT2D eigenvalue weighted by Crippen LogP contribution is 2.23.